The van der Waals surface area contributed by atoms with Crippen molar-refractivity contribution >= 4 is 0 Å². The molecule has 0 fully saturated rings. The number of hydrogen-bond donors (Lipinski definition) is 0. The molecule has 0 spiro atoms. The van der Waals surface area contributed by atoms with Crippen molar-refractivity contribution in [2.75, 3.05) is 0 Å². The molecule has 25 rings (SSSR count). The first-order valence-corrected chi connectivity index (χ1v) is 49.2. The van der Waals surface area contributed by atoms with Crippen LogP contribution in [0.2, 0.25) is 0 Å². The van der Waals surface area contributed by atoms with Gasteiger partial charge < -0.3 is 0 Å². The lowest BCUT2D eigenvalue weighted by molar-refractivity contribution is 1.07. The molecule has 18 nitrogen and oxygen atoms in total. The average Bonchev–Trinajstić information content (AvgIpc) is 0.779. The summed E-state index contributed by atoms with van der Waals surface area (Å²) in [5.74, 6) is 5.28. The smallest absolute Gasteiger partial charge is 0.165 e. The van der Waals surface area contributed by atoms with Crippen molar-refractivity contribution in [3.8, 4) is 249 Å². The summed E-state index contributed by atoms with van der Waals surface area (Å²) in [6, 6.07) is 169. The maximum absolute atomic E-state index is 5.21. The largest absolute Gasteiger partial charge is 0.255 e. The lowest BCUT2D eigenvalue weighted by Gasteiger charge is -2.13. The van der Waals surface area contributed by atoms with Gasteiger partial charge in [0.25, 0.3) is 0 Å². The molecule has 12 heterocycles. The fraction of sp³-hybridized carbons (Fsp3) is 0. The van der Waals surface area contributed by atoms with Crippen molar-refractivity contribution in [2.24, 2.45) is 0 Å². The van der Waals surface area contributed by atoms with E-state index < -0.39 is 0 Å². The molecule has 0 saturated carbocycles. The maximum atomic E-state index is 5.21. The second kappa shape index (κ2) is 44.0. The van der Waals surface area contributed by atoms with Gasteiger partial charge in [0.2, 0.25) is 0 Å². The van der Waals surface area contributed by atoms with Crippen LogP contribution >= 0.6 is 0 Å². The third-order valence-electron chi connectivity index (χ3n) is 25.3. The van der Waals surface area contributed by atoms with Crippen LogP contribution in [0.25, 0.3) is 249 Å². The summed E-state index contributed by atoms with van der Waals surface area (Å²) in [5.41, 5.74) is 31.7. The third kappa shape index (κ3) is 21.6. The lowest BCUT2D eigenvalue weighted by Crippen LogP contribution is -2.00. The van der Waals surface area contributed by atoms with E-state index in [9.17, 15) is 0 Å². The van der Waals surface area contributed by atoms with Crippen LogP contribution < -0.4 is 0 Å². The Morgan fingerprint density at radius 1 is 0.100 bits per heavy atom. The summed E-state index contributed by atoms with van der Waals surface area (Å²) < 4.78 is 0. The van der Waals surface area contributed by atoms with Gasteiger partial charge in [0.05, 0.1) is 74.0 Å². The Balaban J connectivity index is 0.000000124. The van der Waals surface area contributed by atoms with E-state index in [0.717, 1.165) is 196 Å². The molecule has 0 atom stereocenters. The van der Waals surface area contributed by atoms with Crippen molar-refractivity contribution in [1.29, 1.82) is 0 Å². The van der Waals surface area contributed by atoms with Crippen LogP contribution in [0.3, 0.4) is 0 Å². The molecule has 150 heavy (non-hydrogen) atoms. The third-order valence-corrected chi connectivity index (χ3v) is 25.3. The molecule has 0 aliphatic carbocycles. The molecular formula is C132H88N18. The molecular weight excluding hydrogens is 1840 g/mol. The van der Waals surface area contributed by atoms with Crippen molar-refractivity contribution in [3.05, 3.63) is 534 Å². The lowest BCUT2D eigenvalue weighted by atomic mass is 9.98. The molecule has 0 aliphatic rings. The second-order valence-corrected chi connectivity index (χ2v) is 35.3. The van der Waals surface area contributed by atoms with E-state index in [2.05, 4.69) is 158 Å². The SMILES string of the molecule is c1ccc(-c2cc(-c3ccc(-c4nc(-c5ccccc5)nc(-c5ccccc5)n4)cn3)nc(-c3ncccc3-c3ccccc3)c2)cc1.c1ccc(-c2cc(-c3ccccc3)nc(-c3cc(-c4ccccc4)cc(-c4ccc(-c5nc(-c6ccccc6)nc(-c6ccccc6)n5)cn4)n3)c2)cc1.c1ccc(-c2ccnc(-c3cc(-c4ccccc4)cc(-c4ccc(-c5nc(-c6ccccc6)nc(-c6ccccc6)n5)cn4)n3)c2)cc1. The van der Waals surface area contributed by atoms with E-state index in [1.807, 2.05) is 364 Å². The van der Waals surface area contributed by atoms with Gasteiger partial charge in [0.1, 0.15) is 0 Å². The number of rotatable bonds is 22. The molecule has 0 amide bonds. The minimum atomic E-state index is 0.545. The fourth-order valence-electron chi connectivity index (χ4n) is 17.7. The predicted octanol–water partition coefficient (Wildman–Crippen LogP) is 30.8. The normalized spacial score (nSPS) is 10.9. The first-order valence-electron chi connectivity index (χ1n) is 49.2. The van der Waals surface area contributed by atoms with Gasteiger partial charge in [-0.3, -0.25) is 24.9 Å². The highest BCUT2D eigenvalue weighted by atomic mass is 15.1. The predicted molar refractivity (Wildman–Crippen MR) is 599 cm³/mol. The van der Waals surface area contributed by atoms with Crippen molar-refractivity contribution in [3.63, 3.8) is 0 Å². The molecule has 0 radical (unpaired) electrons. The van der Waals surface area contributed by atoms with Gasteiger partial charge in [-0.2, -0.15) is 0 Å². The minimum absolute atomic E-state index is 0.545. The Kier molecular flexibility index (Phi) is 27.3. The summed E-state index contributed by atoms with van der Waals surface area (Å²) in [5, 5.41) is 0. The van der Waals surface area contributed by atoms with Crippen molar-refractivity contribution in [1.82, 2.24) is 89.7 Å². The summed E-state index contributed by atoms with van der Waals surface area (Å²) in [7, 11) is 0. The Morgan fingerprint density at radius 3 is 0.593 bits per heavy atom. The first-order chi connectivity index (χ1) is 74.3. The molecule has 25 aromatic rings. The van der Waals surface area contributed by atoms with E-state index >= 15 is 0 Å². The molecule has 0 bridgehead atoms. The fourth-order valence-corrected chi connectivity index (χ4v) is 17.7. The summed E-state index contributed by atoms with van der Waals surface area (Å²) >= 11 is 0. The van der Waals surface area contributed by atoms with Gasteiger partial charge in [-0.05, 0) is 164 Å². The van der Waals surface area contributed by atoms with E-state index in [1.54, 1.807) is 12.4 Å². The van der Waals surface area contributed by atoms with E-state index in [1.165, 1.54) is 0 Å². The van der Waals surface area contributed by atoms with E-state index in [-0.39, 0.29) is 0 Å². The van der Waals surface area contributed by atoms with Crippen LogP contribution in [-0.2, 0) is 0 Å². The van der Waals surface area contributed by atoms with Gasteiger partial charge >= 0.3 is 0 Å². The second-order valence-electron chi connectivity index (χ2n) is 35.3. The highest BCUT2D eigenvalue weighted by Gasteiger charge is 2.23. The Bertz CT molecular complexity index is 8720. The Hall–Kier alpha value is -20.8. The average molecular weight is 1930 g/mol. The highest BCUT2D eigenvalue weighted by Crippen LogP contribution is 2.41. The summed E-state index contributed by atoms with van der Waals surface area (Å²) in [6.45, 7) is 0. The van der Waals surface area contributed by atoms with Crippen LogP contribution in [0.1, 0.15) is 0 Å². The molecule has 0 saturated heterocycles. The van der Waals surface area contributed by atoms with Crippen LogP contribution in [0, 0.1) is 0 Å². The summed E-state index contributed by atoms with van der Waals surface area (Å²) in [4.78, 5) is 88.5. The van der Waals surface area contributed by atoms with Crippen LogP contribution in [0.5, 0.6) is 0 Å². The van der Waals surface area contributed by atoms with Crippen LogP contribution in [0.4, 0.5) is 0 Å². The number of hydrogen-bond acceptors (Lipinski definition) is 18. The topological polar surface area (TPSA) is 232 Å². The molecule has 0 aliphatic heterocycles. The van der Waals surface area contributed by atoms with Gasteiger partial charge in [-0.25, -0.2) is 64.8 Å². The zero-order chi connectivity index (χ0) is 100. The molecule has 0 unspecified atom stereocenters. The van der Waals surface area contributed by atoms with Gasteiger partial charge in [-0.15, -0.1) is 0 Å². The highest BCUT2D eigenvalue weighted by molar-refractivity contribution is 5.86. The van der Waals surface area contributed by atoms with Crippen LogP contribution in [0.15, 0.2) is 534 Å². The number of nitrogens with zero attached hydrogens (tertiary/aromatic N) is 18. The molecule has 18 heteroatoms. The zero-order valence-electron chi connectivity index (χ0n) is 80.9. The molecule has 0 N–H and O–H groups in total. The number of aromatic nitrogens is 18. The van der Waals surface area contributed by atoms with Gasteiger partial charge in [-0.1, -0.05) is 400 Å². The van der Waals surface area contributed by atoms with Gasteiger partial charge in [0, 0.05) is 92.2 Å². The molecule has 13 aromatic carbocycles. The Morgan fingerprint density at radius 2 is 0.313 bits per heavy atom. The van der Waals surface area contributed by atoms with Crippen molar-refractivity contribution < 1.29 is 0 Å². The zero-order valence-corrected chi connectivity index (χ0v) is 80.9. The summed E-state index contributed by atoms with van der Waals surface area (Å²) in [6.07, 6.45) is 9.07. The maximum Gasteiger partial charge on any atom is 0.165 e. The molecule has 12 aromatic heterocycles. The Labute approximate surface area is 867 Å². The first kappa shape index (κ1) is 92.9. The van der Waals surface area contributed by atoms with Gasteiger partial charge in [0.15, 0.2) is 52.4 Å². The van der Waals surface area contributed by atoms with Crippen LogP contribution in [-0.4, -0.2) is 89.7 Å². The van der Waals surface area contributed by atoms with E-state index in [4.69, 9.17) is 89.7 Å². The molecule has 706 valence electrons. The monoisotopic (exact) mass is 1920 g/mol. The van der Waals surface area contributed by atoms with E-state index in [0.29, 0.717) is 52.4 Å². The number of benzene rings is 13. The minimum Gasteiger partial charge on any atom is -0.255 e. The van der Waals surface area contributed by atoms with Crippen molar-refractivity contribution in [2.45, 2.75) is 0 Å². The standard InChI is InChI=1S/C48H32N6.2C42H28N6/c1-6-16-33(17-7-1)39-28-42(35-20-10-3-11-21-35)50-44(30-39)45-31-40(34-18-8-2-9-19-34)29-43(51-45)41-27-26-38(32-49-41)48-53-46(36-22-12-4-13-23-36)52-47(54-48)37-24-14-5-15-25-37;1-5-14-29(15-6-1)34-26-37(45-38(27-34)39-35(22-13-25-43-39)30-16-7-2-8-17-30)36-24-23-33(28-44-36)42-47-40(31-18-9-3-10-19-31)46-41(48-42)32-20-11-4-12-21-32;1-5-13-29(14-6-1)33-23-24-43-37(25-33)39-27-35(30-15-7-2-8-16-30)26-38(45-39)36-22-21-34(28-44-36)42-47-40(31-17-9-3-10-18-31)46-41(48-42)32-19-11-4-12-20-32/h1-32H;2*1-28H. The number of pyridine rings is 9. The quantitative estimate of drug-likeness (QED) is 0.0613.